The van der Waals surface area contributed by atoms with Gasteiger partial charge in [-0.3, -0.25) is 4.98 Å². The first-order chi connectivity index (χ1) is 15.4. The molecule has 3 heterocycles. The molecule has 2 aliphatic heterocycles. The summed E-state index contributed by atoms with van der Waals surface area (Å²) in [6.45, 7) is 4.93. The van der Waals surface area contributed by atoms with Gasteiger partial charge in [-0.15, -0.1) is 0 Å². The van der Waals surface area contributed by atoms with Gasteiger partial charge in [0.05, 0.1) is 11.9 Å². The van der Waals surface area contributed by atoms with Crippen molar-refractivity contribution in [2.45, 2.75) is 18.8 Å². The van der Waals surface area contributed by atoms with Crippen LogP contribution in [-0.2, 0) is 10.0 Å². The topological polar surface area (TPSA) is 65.5 Å². The molecule has 1 atom stereocenters. The molecule has 170 valence electrons. The summed E-state index contributed by atoms with van der Waals surface area (Å²) in [6, 6.07) is 10.4. The second-order valence-corrected chi connectivity index (χ2v) is 11.4. The van der Waals surface area contributed by atoms with Crippen LogP contribution in [0.25, 0.3) is 11.8 Å². The molecule has 2 fully saturated rings. The summed E-state index contributed by atoms with van der Waals surface area (Å²) in [6.07, 6.45) is 7.08. The highest BCUT2D eigenvalue weighted by Crippen LogP contribution is 2.45. The van der Waals surface area contributed by atoms with Crippen molar-refractivity contribution in [1.29, 1.82) is 0 Å². The number of pyridine rings is 1. The molecule has 32 heavy (non-hydrogen) atoms. The number of hydrogen-bond donors (Lipinski definition) is 1. The van der Waals surface area contributed by atoms with Gasteiger partial charge >= 0.3 is 0 Å². The molecular formula is C24H29ClN4O2S. The molecule has 1 aromatic carbocycles. The van der Waals surface area contributed by atoms with Gasteiger partial charge in [-0.25, -0.2) is 12.7 Å². The third-order valence-electron chi connectivity index (χ3n) is 6.98. The fraction of sp³-hybridized carbons (Fsp3) is 0.458. The Hall–Kier alpha value is -1.93. The van der Waals surface area contributed by atoms with Gasteiger partial charge in [-0.2, -0.15) is 0 Å². The van der Waals surface area contributed by atoms with Gasteiger partial charge in [0.25, 0.3) is 0 Å². The lowest BCUT2D eigenvalue weighted by Gasteiger charge is -2.36. The summed E-state index contributed by atoms with van der Waals surface area (Å²) in [5.41, 5.74) is 5.85. The summed E-state index contributed by atoms with van der Waals surface area (Å²) < 4.78 is 25.7. The molecular weight excluding hydrogens is 444 g/mol. The molecule has 5 rings (SSSR count). The van der Waals surface area contributed by atoms with Crippen LogP contribution in [0.3, 0.4) is 0 Å². The maximum atomic E-state index is 12.1. The summed E-state index contributed by atoms with van der Waals surface area (Å²) in [5.74, 6) is 0.425. The number of piperidine rings is 1. The Labute approximate surface area is 195 Å². The van der Waals surface area contributed by atoms with Gasteiger partial charge in [-0.05, 0) is 54.2 Å². The summed E-state index contributed by atoms with van der Waals surface area (Å²) in [5, 5.41) is 4.17. The molecule has 0 bridgehead atoms. The monoisotopic (exact) mass is 472 g/mol. The lowest BCUT2D eigenvalue weighted by Crippen LogP contribution is -2.42. The molecule has 1 aromatic heterocycles. The summed E-state index contributed by atoms with van der Waals surface area (Å²) >= 11 is 6.50. The second-order valence-electron chi connectivity index (χ2n) is 8.95. The minimum atomic E-state index is -3.16. The summed E-state index contributed by atoms with van der Waals surface area (Å²) in [4.78, 5) is 7.31. The maximum Gasteiger partial charge on any atom is 0.211 e. The van der Waals surface area contributed by atoms with Crippen LogP contribution in [0, 0.1) is 5.92 Å². The predicted octanol–water partition coefficient (Wildman–Crippen LogP) is 3.26. The molecule has 0 unspecified atom stereocenters. The van der Waals surface area contributed by atoms with E-state index < -0.39 is 10.0 Å². The number of fused-ring (bicyclic) bond motifs is 2. The number of aromatic nitrogens is 1. The quantitative estimate of drug-likeness (QED) is 0.742. The van der Waals surface area contributed by atoms with Crippen molar-refractivity contribution in [3.05, 3.63) is 63.9 Å². The normalized spacial score (nSPS) is 22.6. The lowest BCUT2D eigenvalue weighted by atomic mass is 9.76. The lowest BCUT2D eigenvalue weighted by molar-refractivity contribution is 0.256. The van der Waals surface area contributed by atoms with Crippen LogP contribution in [0.1, 0.15) is 41.1 Å². The van der Waals surface area contributed by atoms with Crippen molar-refractivity contribution in [1.82, 2.24) is 19.5 Å². The molecule has 0 amide bonds. The molecule has 2 aromatic rings. The standard InChI is InChI=1S/C24H29ClN4O2S/c1-32(30,31)29-11-6-17(7-12-29)23-20-5-4-19(25)16-21(20)22(28-13-9-26-10-14-28)15-18-3-2-8-27-24(18)23/h2-5,8,15-17,23,26H,6-7,9-14H2,1H3/t23-/m1/s1. The third-order valence-corrected chi connectivity index (χ3v) is 8.52. The number of nitrogens with one attached hydrogen (secondary N) is 1. The van der Waals surface area contributed by atoms with Crippen LogP contribution in [-0.4, -0.2) is 68.1 Å². The average molecular weight is 473 g/mol. The van der Waals surface area contributed by atoms with E-state index in [-0.39, 0.29) is 5.92 Å². The van der Waals surface area contributed by atoms with Crippen LogP contribution in [0.4, 0.5) is 0 Å². The van der Waals surface area contributed by atoms with Crippen molar-refractivity contribution in [3.63, 3.8) is 0 Å². The zero-order chi connectivity index (χ0) is 22.3. The Morgan fingerprint density at radius 1 is 1.09 bits per heavy atom. The number of benzene rings is 1. The number of hydrogen-bond acceptors (Lipinski definition) is 5. The largest absolute Gasteiger partial charge is 0.368 e. The molecule has 6 nitrogen and oxygen atoms in total. The maximum absolute atomic E-state index is 12.1. The fourth-order valence-electron chi connectivity index (χ4n) is 5.39. The average Bonchev–Trinajstić information content (AvgIpc) is 2.93. The second kappa shape index (κ2) is 8.78. The molecule has 2 saturated heterocycles. The van der Waals surface area contributed by atoms with Crippen molar-refractivity contribution >= 4 is 33.4 Å². The van der Waals surface area contributed by atoms with Crippen LogP contribution in [0.5, 0.6) is 0 Å². The van der Waals surface area contributed by atoms with Gasteiger partial charge < -0.3 is 10.2 Å². The van der Waals surface area contributed by atoms with Crippen molar-refractivity contribution in [3.8, 4) is 0 Å². The van der Waals surface area contributed by atoms with Gasteiger partial charge in [0.15, 0.2) is 0 Å². The number of piperazine rings is 1. The van der Waals surface area contributed by atoms with Crippen molar-refractivity contribution in [2.75, 3.05) is 45.5 Å². The molecule has 1 aliphatic carbocycles. The Morgan fingerprint density at radius 3 is 2.56 bits per heavy atom. The third kappa shape index (κ3) is 4.19. The first-order valence-corrected chi connectivity index (χ1v) is 13.5. The number of nitrogens with zero attached hydrogens (tertiary/aromatic N) is 3. The highest BCUT2D eigenvalue weighted by molar-refractivity contribution is 7.88. The number of halogens is 1. The highest BCUT2D eigenvalue weighted by atomic mass is 35.5. The molecule has 0 radical (unpaired) electrons. The Balaban J connectivity index is 1.60. The van der Waals surface area contributed by atoms with Crippen LogP contribution >= 0.6 is 11.6 Å². The van der Waals surface area contributed by atoms with E-state index in [1.807, 2.05) is 18.3 Å². The fourth-order valence-corrected chi connectivity index (χ4v) is 6.44. The van der Waals surface area contributed by atoms with Gasteiger partial charge in [0.1, 0.15) is 0 Å². The molecule has 1 N–H and O–H groups in total. The van der Waals surface area contributed by atoms with Crippen molar-refractivity contribution in [2.24, 2.45) is 5.92 Å². The smallest absolute Gasteiger partial charge is 0.211 e. The zero-order valence-corrected chi connectivity index (χ0v) is 19.9. The zero-order valence-electron chi connectivity index (χ0n) is 18.3. The molecule has 3 aliphatic rings. The van der Waals surface area contributed by atoms with E-state index in [4.69, 9.17) is 16.6 Å². The van der Waals surface area contributed by atoms with Gasteiger partial charge in [0.2, 0.25) is 10.0 Å². The van der Waals surface area contributed by atoms with Crippen molar-refractivity contribution < 1.29 is 8.42 Å². The van der Waals surface area contributed by atoms with E-state index in [9.17, 15) is 8.42 Å². The summed E-state index contributed by atoms with van der Waals surface area (Å²) in [7, 11) is -3.16. The molecule has 8 heteroatoms. The first-order valence-electron chi connectivity index (χ1n) is 11.3. The van der Waals surface area contributed by atoms with E-state index in [1.54, 1.807) is 4.31 Å². The van der Waals surface area contributed by atoms with E-state index in [1.165, 1.54) is 23.1 Å². The van der Waals surface area contributed by atoms with Gasteiger partial charge in [-0.1, -0.05) is 23.7 Å². The van der Waals surface area contributed by atoms with Crippen LogP contribution < -0.4 is 5.32 Å². The number of sulfonamides is 1. The van der Waals surface area contributed by atoms with E-state index in [0.29, 0.717) is 19.0 Å². The van der Waals surface area contributed by atoms with Gasteiger partial charge in [0, 0.05) is 67.7 Å². The predicted molar refractivity (Wildman–Crippen MR) is 129 cm³/mol. The Kier molecular flexibility index (Phi) is 6.01. The minimum absolute atomic E-state index is 0.108. The van der Waals surface area contributed by atoms with E-state index in [0.717, 1.165) is 55.3 Å². The highest BCUT2D eigenvalue weighted by Gasteiger charge is 2.36. The first kappa shape index (κ1) is 21.9. The Bertz CT molecular complexity index is 1140. The van der Waals surface area contributed by atoms with Crippen LogP contribution in [0.15, 0.2) is 36.5 Å². The number of rotatable bonds is 3. The molecule has 0 spiro atoms. The molecule has 0 saturated carbocycles. The van der Waals surface area contributed by atoms with E-state index >= 15 is 0 Å². The Morgan fingerprint density at radius 2 is 1.84 bits per heavy atom. The SMILES string of the molecule is CS(=O)(=O)N1CCC([C@@H]2c3ccc(Cl)cc3C(N3CCNCC3)=Cc3cccnc32)CC1. The van der Waals surface area contributed by atoms with Crippen LogP contribution in [0.2, 0.25) is 5.02 Å². The minimum Gasteiger partial charge on any atom is -0.368 e. The van der Waals surface area contributed by atoms with E-state index in [2.05, 4.69) is 34.5 Å².